The molecule has 150 valence electrons. The van der Waals surface area contributed by atoms with E-state index in [-0.39, 0.29) is 24.0 Å². The molecule has 4 nitrogen and oxygen atoms in total. The summed E-state index contributed by atoms with van der Waals surface area (Å²) < 4.78 is 2.39. The number of hydrogen-bond donors (Lipinski definition) is 0. The van der Waals surface area contributed by atoms with Gasteiger partial charge in [-0.2, -0.15) is 5.01 Å². The van der Waals surface area contributed by atoms with Gasteiger partial charge >= 0.3 is 0 Å². The highest BCUT2D eigenvalue weighted by Gasteiger charge is 2.26. The molecule has 2 aliphatic rings. The Labute approximate surface area is 190 Å². The van der Waals surface area contributed by atoms with Crippen molar-refractivity contribution in [2.24, 2.45) is 0 Å². The minimum absolute atomic E-state index is 0. The number of piperazine rings is 1. The van der Waals surface area contributed by atoms with Crippen molar-refractivity contribution in [3.05, 3.63) is 58.4 Å². The molecule has 28 heavy (non-hydrogen) atoms. The molecule has 0 amide bonds. The smallest absolute Gasteiger partial charge is 0.209 e. The second-order valence-electron chi connectivity index (χ2n) is 7.44. The van der Waals surface area contributed by atoms with Crippen molar-refractivity contribution in [1.82, 2.24) is 4.90 Å². The Hall–Kier alpha value is -1.25. The number of nitrogens with zero attached hydrogens (tertiary/aromatic N) is 4. The van der Waals surface area contributed by atoms with Gasteiger partial charge in [-0.3, -0.25) is 0 Å². The maximum atomic E-state index is 2.47. The molecule has 0 N–H and O–H groups in total. The van der Waals surface area contributed by atoms with Crippen LogP contribution in [0, 0.1) is 13.8 Å². The van der Waals surface area contributed by atoms with E-state index in [4.69, 9.17) is 0 Å². The molecule has 1 aromatic carbocycles. The number of para-hydroxylation sites is 1. The van der Waals surface area contributed by atoms with E-state index in [9.17, 15) is 0 Å². The van der Waals surface area contributed by atoms with Gasteiger partial charge in [-0.05, 0) is 37.7 Å². The zero-order valence-corrected chi connectivity index (χ0v) is 20.1. The number of halogens is 1. The van der Waals surface area contributed by atoms with Gasteiger partial charge in [0.15, 0.2) is 0 Å². The van der Waals surface area contributed by atoms with Crippen LogP contribution in [0.1, 0.15) is 23.9 Å². The zero-order valence-electron chi connectivity index (χ0n) is 17.2. The largest absolute Gasteiger partial charge is 1.00 e. The Balaban J connectivity index is 0.00000225. The lowest BCUT2D eigenvalue weighted by Crippen LogP contribution is -3.00. The normalized spacial score (nSPS) is 18.4. The number of anilines is 1. The third kappa shape index (κ3) is 4.19. The molecule has 3 heterocycles. The van der Waals surface area contributed by atoms with Crippen LogP contribution in [0.2, 0.25) is 0 Å². The fraction of sp³-hybridized carbons (Fsp3) is 0.409. The average molecular weight is 508 g/mol. The quantitative estimate of drug-likeness (QED) is 0.440. The molecular weight excluding hydrogens is 479 g/mol. The Morgan fingerprint density at radius 1 is 1.04 bits per heavy atom. The van der Waals surface area contributed by atoms with Crippen molar-refractivity contribution < 1.29 is 28.7 Å². The van der Waals surface area contributed by atoms with E-state index in [0.717, 1.165) is 32.7 Å². The minimum Gasteiger partial charge on any atom is -1.00 e. The van der Waals surface area contributed by atoms with Crippen LogP contribution in [0.25, 0.3) is 6.08 Å². The highest BCUT2D eigenvalue weighted by atomic mass is 127. The number of pyridine rings is 1. The summed E-state index contributed by atoms with van der Waals surface area (Å²) in [6.45, 7) is 12.1. The van der Waals surface area contributed by atoms with Crippen LogP contribution in [0.5, 0.6) is 0 Å². The number of aromatic nitrogens is 1. The number of rotatable bonds is 3. The Morgan fingerprint density at radius 2 is 1.68 bits per heavy atom. The first kappa shape index (κ1) is 21.5. The van der Waals surface area contributed by atoms with Crippen LogP contribution in [0.15, 0.2) is 46.3 Å². The number of thioether (sulfide) groups is 1. The molecule has 0 aliphatic carbocycles. The van der Waals surface area contributed by atoms with Crippen molar-refractivity contribution in [3.63, 3.8) is 0 Å². The predicted molar refractivity (Wildman–Crippen MR) is 115 cm³/mol. The molecule has 0 saturated carbocycles. The summed E-state index contributed by atoms with van der Waals surface area (Å²) in [7, 11) is 2.20. The maximum absolute atomic E-state index is 2.47. The second-order valence-corrected chi connectivity index (χ2v) is 8.50. The number of benzene rings is 1. The lowest BCUT2D eigenvalue weighted by Gasteiger charge is -2.30. The minimum atomic E-state index is 0. The highest BCUT2D eigenvalue weighted by molar-refractivity contribution is 8.03. The van der Waals surface area contributed by atoms with Gasteiger partial charge in [-0.25, -0.2) is 0 Å². The summed E-state index contributed by atoms with van der Waals surface area (Å²) in [5.74, 6) is 0. The van der Waals surface area contributed by atoms with Crippen LogP contribution in [-0.2, 0) is 0 Å². The molecule has 2 aromatic rings. The van der Waals surface area contributed by atoms with Crippen molar-refractivity contribution >= 4 is 23.5 Å². The van der Waals surface area contributed by atoms with Crippen molar-refractivity contribution in [1.29, 1.82) is 0 Å². The summed E-state index contributed by atoms with van der Waals surface area (Å²) >= 11 is 1.87. The monoisotopic (exact) mass is 508 g/mol. The molecule has 0 spiro atoms. The molecule has 0 atom stereocenters. The van der Waals surface area contributed by atoms with E-state index in [0.29, 0.717) is 0 Å². The van der Waals surface area contributed by atoms with Gasteiger partial charge in [-0.15, -0.1) is 0 Å². The van der Waals surface area contributed by atoms with Crippen molar-refractivity contribution in [2.45, 2.75) is 25.7 Å². The first-order valence-corrected chi connectivity index (χ1v) is 10.6. The molecule has 0 bridgehead atoms. The lowest BCUT2D eigenvalue weighted by molar-refractivity contribution is -0.706. The van der Waals surface area contributed by atoms with E-state index >= 15 is 0 Å². The molecule has 0 unspecified atom stereocenters. The molecule has 2 aliphatic heterocycles. The number of hydrogen-bond acceptors (Lipinski definition) is 4. The Bertz CT molecular complexity index is 852. The summed E-state index contributed by atoms with van der Waals surface area (Å²) in [5, 5.41) is 3.79. The van der Waals surface area contributed by atoms with Gasteiger partial charge in [0, 0.05) is 50.5 Å². The third-order valence-corrected chi connectivity index (χ3v) is 6.54. The van der Waals surface area contributed by atoms with Crippen LogP contribution >= 0.6 is 11.8 Å². The van der Waals surface area contributed by atoms with Crippen molar-refractivity contribution in [3.8, 4) is 0 Å². The van der Waals surface area contributed by atoms with Gasteiger partial charge in [0.25, 0.3) is 0 Å². The van der Waals surface area contributed by atoms with Gasteiger partial charge in [-0.1, -0.05) is 28.6 Å². The topological polar surface area (TPSA) is 13.6 Å². The van der Waals surface area contributed by atoms with E-state index < -0.39 is 0 Å². The van der Waals surface area contributed by atoms with Crippen LogP contribution in [0.3, 0.4) is 0 Å². The fourth-order valence-electron chi connectivity index (χ4n) is 4.08. The standard InChI is InChI=1S/C22H29N4S.HI/c1-5-25-20-8-6-7-9-21(20)27-22(25)16-19-14-17(2)26(18(3)15-19)24-12-10-23(4)11-13-24;/h6-9,14-16H,5,10-13H2,1-4H3;1H/q+1;/p-1. The zero-order chi connectivity index (χ0) is 19.0. The Kier molecular flexibility index (Phi) is 6.94. The van der Waals surface area contributed by atoms with Gasteiger partial charge < -0.3 is 33.8 Å². The van der Waals surface area contributed by atoms with Gasteiger partial charge in [0.1, 0.15) is 0 Å². The summed E-state index contributed by atoms with van der Waals surface area (Å²) in [4.78, 5) is 6.16. The first-order chi connectivity index (χ1) is 13.1. The molecular formula is C22H29IN4S. The van der Waals surface area contributed by atoms with E-state index in [1.807, 2.05) is 11.8 Å². The molecule has 1 aromatic heterocycles. The summed E-state index contributed by atoms with van der Waals surface area (Å²) in [6, 6.07) is 13.3. The summed E-state index contributed by atoms with van der Waals surface area (Å²) in [6.07, 6.45) is 2.34. The van der Waals surface area contributed by atoms with Gasteiger partial charge in [0.05, 0.1) is 23.8 Å². The van der Waals surface area contributed by atoms with Crippen LogP contribution in [-0.4, -0.2) is 44.7 Å². The van der Waals surface area contributed by atoms with E-state index in [1.54, 1.807) is 0 Å². The number of likely N-dealkylation sites (N-methyl/N-ethyl adjacent to an activating group) is 1. The highest BCUT2D eigenvalue weighted by Crippen LogP contribution is 2.46. The first-order valence-electron chi connectivity index (χ1n) is 9.80. The number of fused-ring (bicyclic) bond motifs is 1. The fourth-order valence-corrected chi connectivity index (χ4v) is 5.27. The summed E-state index contributed by atoms with van der Waals surface area (Å²) in [5.41, 5.74) is 5.21. The third-order valence-electron chi connectivity index (χ3n) is 5.42. The molecule has 1 fully saturated rings. The second kappa shape index (κ2) is 9.05. The predicted octanol–water partition coefficient (Wildman–Crippen LogP) is 0.409. The van der Waals surface area contributed by atoms with Crippen LogP contribution < -0.4 is 38.6 Å². The molecule has 4 rings (SSSR count). The van der Waals surface area contributed by atoms with E-state index in [1.165, 1.54) is 32.6 Å². The number of aryl methyl sites for hydroxylation is 2. The Morgan fingerprint density at radius 3 is 2.32 bits per heavy atom. The lowest BCUT2D eigenvalue weighted by atomic mass is 10.2. The van der Waals surface area contributed by atoms with Crippen molar-refractivity contribution in [2.75, 3.05) is 49.7 Å². The van der Waals surface area contributed by atoms with E-state index in [2.05, 4.69) is 89.8 Å². The van der Waals surface area contributed by atoms with Crippen LogP contribution in [0.4, 0.5) is 5.69 Å². The average Bonchev–Trinajstić information content (AvgIpc) is 2.99. The molecule has 0 radical (unpaired) electrons. The molecule has 6 heteroatoms. The SMILES string of the molecule is CCN1/C(=C\c2cc(C)[n+](N3CCN(C)CC3)c(C)c2)Sc2ccccc21.[I-]. The maximum Gasteiger partial charge on any atom is 0.209 e. The molecule has 1 saturated heterocycles. The van der Waals surface area contributed by atoms with Gasteiger partial charge in [0.2, 0.25) is 11.4 Å².